The monoisotopic (exact) mass is 226 g/mol. The van der Waals surface area contributed by atoms with Crippen LogP contribution in [0.4, 0.5) is 0 Å². The summed E-state index contributed by atoms with van der Waals surface area (Å²) in [6, 6.07) is 0.991. The van der Waals surface area contributed by atoms with Crippen LogP contribution in [0.3, 0.4) is 0 Å². The number of nitrogens with zero attached hydrogens (tertiary/aromatic N) is 1. The number of aliphatic hydroxyl groups excluding tert-OH is 1. The molecular formula is C13H26N2O. The maximum atomic E-state index is 9.95. The van der Waals surface area contributed by atoms with Crippen molar-refractivity contribution in [1.82, 2.24) is 10.2 Å². The maximum Gasteiger partial charge on any atom is 0.0693 e. The Morgan fingerprint density at radius 1 is 1.00 bits per heavy atom. The lowest BCUT2D eigenvalue weighted by atomic mass is 9.91. The molecule has 1 saturated heterocycles. The number of hydrogen-bond acceptors (Lipinski definition) is 3. The molecule has 16 heavy (non-hydrogen) atoms. The maximum absolute atomic E-state index is 9.95. The van der Waals surface area contributed by atoms with Gasteiger partial charge in [-0.15, -0.1) is 0 Å². The first-order chi connectivity index (χ1) is 7.75. The molecular weight excluding hydrogens is 200 g/mol. The van der Waals surface area contributed by atoms with Crippen molar-refractivity contribution in [2.45, 2.75) is 63.1 Å². The van der Waals surface area contributed by atoms with Crippen LogP contribution in [0, 0.1) is 0 Å². The average Bonchev–Trinajstić information content (AvgIpc) is 2.47. The molecule has 0 aromatic carbocycles. The second kappa shape index (κ2) is 5.99. The van der Waals surface area contributed by atoms with E-state index in [1.807, 2.05) is 0 Å². The van der Waals surface area contributed by atoms with Crippen LogP contribution in [0.1, 0.15) is 44.9 Å². The van der Waals surface area contributed by atoms with Crippen molar-refractivity contribution in [2.75, 3.05) is 20.1 Å². The minimum Gasteiger partial charge on any atom is -0.392 e. The van der Waals surface area contributed by atoms with Crippen molar-refractivity contribution in [2.24, 2.45) is 0 Å². The summed E-state index contributed by atoms with van der Waals surface area (Å²) in [5.74, 6) is 0. The molecule has 0 bridgehead atoms. The van der Waals surface area contributed by atoms with Gasteiger partial charge in [0.2, 0.25) is 0 Å². The first-order valence-corrected chi connectivity index (χ1v) is 6.88. The van der Waals surface area contributed by atoms with Gasteiger partial charge >= 0.3 is 0 Å². The van der Waals surface area contributed by atoms with Gasteiger partial charge in [0.15, 0.2) is 0 Å². The van der Waals surface area contributed by atoms with E-state index in [1.165, 1.54) is 45.2 Å². The van der Waals surface area contributed by atoms with Crippen molar-refractivity contribution in [1.29, 1.82) is 0 Å². The molecule has 3 nitrogen and oxygen atoms in total. The normalized spacial score (nSPS) is 38.2. The number of rotatable bonds is 2. The van der Waals surface area contributed by atoms with Crippen LogP contribution in [0.2, 0.25) is 0 Å². The highest BCUT2D eigenvalue weighted by atomic mass is 16.3. The SMILES string of the molecule is CN1CCCC(NC2CCCCC2O)CC1. The lowest BCUT2D eigenvalue weighted by Crippen LogP contribution is -2.47. The minimum atomic E-state index is -0.102. The van der Waals surface area contributed by atoms with E-state index in [1.54, 1.807) is 0 Å². The zero-order valence-corrected chi connectivity index (χ0v) is 10.5. The highest BCUT2D eigenvalue weighted by Gasteiger charge is 2.25. The van der Waals surface area contributed by atoms with Gasteiger partial charge in [0.05, 0.1) is 6.10 Å². The van der Waals surface area contributed by atoms with E-state index in [0.29, 0.717) is 12.1 Å². The van der Waals surface area contributed by atoms with Gasteiger partial charge < -0.3 is 15.3 Å². The molecule has 3 heteroatoms. The first kappa shape index (κ1) is 12.3. The molecule has 1 aliphatic heterocycles. The summed E-state index contributed by atoms with van der Waals surface area (Å²) in [5.41, 5.74) is 0. The topological polar surface area (TPSA) is 35.5 Å². The van der Waals surface area contributed by atoms with E-state index < -0.39 is 0 Å². The third kappa shape index (κ3) is 3.44. The molecule has 2 aliphatic rings. The predicted octanol–water partition coefficient (Wildman–Crippen LogP) is 1.36. The molecule has 94 valence electrons. The molecule has 0 aromatic rings. The largest absolute Gasteiger partial charge is 0.392 e. The Morgan fingerprint density at radius 3 is 2.62 bits per heavy atom. The van der Waals surface area contributed by atoms with Gasteiger partial charge in [-0.25, -0.2) is 0 Å². The van der Waals surface area contributed by atoms with Gasteiger partial charge in [0.25, 0.3) is 0 Å². The standard InChI is InChI=1S/C13H26N2O/c1-15-9-4-5-11(8-10-15)14-12-6-2-3-7-13(12)16/h11-14,16H,2-10H2,1H3. The zero-order chi connectivity index (χ0) is 11.4. The average molecular weight is 226 g/mol. The van der Waals surface area contributed by atoms with E-state index in [2.05, 4.69) is 17.3 Å². The highest BCUT2D eigenvalue weighted by Crippen LogP contribution is 2.20. The fourth-order valence-corrected chi connectivity index (χ4v) is 3.02. The summed E-state index contributed by atoms with van der Waals surface area (Å²) < 4.78 is 0. The smallest absolute Gasteiger partial charge is 0.0693 e. The van der Waals surface area contributed by atoms with E-state index in [-0.39, 0.29) is 6.10 Å². The molecule has 3 atom stereocenters. The Kier molecular flexibility index (Phi) is 4.62. The van der Waals surface area contributed by atoms with Crippen molar-refractivity contribution in [3.8, 4) is 0 Å². The summed E-state index contributed by atoms with van der Waals surface area (Å²) in [7, 11) is 2.21. The molecule has 1 saturated carbocycles. The molecule has 1 aliphatic carbocycles. The number of nitrogens with one attached hydrogen (secondary N) is 1. The Balaban J connectivity index is 1.79. The fourth-order valence-electron chi connectivity index (χ4n) is 3.02. The predicted molar refractivity (Wildman–Crippen MR) is 66.5 cm³/mol. The Bertz CT molecular complexity index is 210. The van der Waals surface area contributed by atoms with Crippen LogP contribution < -0.4 is 5.32 Å². The van der Waals surface area contributed by atoms with Crippen molar-refractivity contribution < 1.29 is 5.11 Å². The Hall–Kier alpha value is -0.120. The fraction of sp³-hybridized carbons (Fsp3) is 1.00. The van der Waals surface area contributed by atoms with Crippen LogP contribution >= 0.6 is 0 Å². The highest BCUT2D eigenvalue weighted by molar-refractivity contribution is 4.84. The van der Waals surface area contributed by atoms with Crippen LogP contribution in [-0.4, -0.2) is 48.3 Å². The second-order valence-corrected chi connectivity index (χ2v) is 5.56. The lowest BCUT2D eigenvalue weighted by Gasteiger charge is -2.32. The van der Waals surface area contributed by atoms with Crippen molar-refractivity contribution in [3.05, 3.63) is 0 Å². The van der Waals surface area contributed by atoms with Gasteiger partial charge in [-0.2, -0.15) is 0 Å². The molecule has 2 rings (SSSR count). The Morgan fingerprint density at radius 2 is 1.81 bits per heavy atom. The molecule has 2 N–H and O–H groups in total. The lowest BCUT2D eigenvalue weighted by molar-refractivity contribution is 0.0836. The number of likely N-dealkylation sites (tertiary alicyclic amines) is 1. The van der Waals surface area contributed by atoms with E-state index in [9.17, 15) is 5.11 Å². The first-order valence-electron chi connectivity index (χ1n) is 6.88. The third-order valence-corrected chi connectivity index (χ3v) is 4.13. The van der Waals surface area contributed by atoms with Crippen LogP contribution in [0.15, 0.2) is 0 Å². The molecule has 2 fully saturated rings. The molecule has 1 heterocycles. The number of aliphatic hydroxyl groups is 1. The molecule has 0 spiro atoms. The van der Waals surface area contributed by atoms with E-state index in [4.69, 9.17) is 0 Å². The molecule has 0 radical (unpaired) electrons. The molecule has 0 aromatic heterocycles. The quantitative estimate of drug-likeness (QED) is 0.746. The van der Waals surface area contributed by atoms with Crippen LogP contribution in [0.5, 0.6) is 0 Å². The summed E-state index contributed by atoms with van der Waals surface area (Å²) in [6.45, 7) is 2.42. The third-order valence-electron chi connectivity index (χ3n) is 4.13. The van der Waals surface area contributed by atoms with Gasteiger partial charge in [-0.05, 0) is 52.2 Å². The van der Waals surface area contributed by atoms with Gasteiger partial charge in [0, 0.05) is 12.1 Å². The van der Waals surface area contributed by atoms with Gasteiger partial charge in [-0.1, -0.05) is 12.8 Å². The molecule has 3 unspecified atom stereocenters. The zero-order valence-electron chi connectivity index (χ0n) is 10.5. The Labute approximate surface area is 99.2 Å². The summed E-state index contributed by atoms with van der Waals surface area (Å²) in [5, 5.41) is 13.6. The van der Waals surface area contributed by atoms with Crippen LogP contribution in [-0.2, 0) is 0 Å². The summed E-state index contributed by atoms with van der Waals surface area (Å²) in [6.07, 6.45) is 8.32. The minimum absolute atomic E-state index is 0.102. The van der Waals surface area contributed by atoms with Crippen molar-refractivity contribution in [3.63, 3.8) is 0 Å². The van der Waals surface area contributed by atoms with Gasteiger partial charge in [-0.3, -0.25) is 0 Å². The van der Waals surface area contributed by atoms with Gasteiger partial charge in [0.1, 0.15) is 0 Å². The second-order valence-electron chi connectivity index (χ2n) is 5.56. The number of hydrogen-bond donors (Lipinski definition) is 2. The molecule has 0 amide bonds. The van der Waals surface area contributed by atoms with Crippen LogP contribution in [0.25, 0.3) is 0 Å². The summed E-state index contributed by atoms with van der Waals surface area (Å²) >= 11 is 0. The van der Waals surface area contributed by atoms with Crippen molar-refractivity contribution >= 4 is 0 Å². The summed E-state index contributed by atoms with van der Waals surface area (Å²) in [4.78, 5) is 2.42. The van der Waals surface area contributed by atoms with E-state index in [0.717, 1.165) is 12.8 Å². The van der Waals surface area contributed by atoms with E-state index >= 15 is 0 Å².